The molecule has 1 heterocycles. The highest BCUT2D eigenvalue weighted by molar-refractivity contribution is 8.53. The van der Waals surface area contributed by atoms with Crippen molar-refractivity contribution in [3.8, 4) is 0 Å². The lowest BCUT2D eigenvalue weighted by molar-refractivity contribution is -0.139. The third-order valence-electron chi connectivity index (χ3n) is 3.09. The molecule has 5 atom stereocenters. The molecule has 21 heavy (non-hydrogen) atoms. The quantitative estimate of drug-likeness (QED) is 0.394. The summed E-state index contributed by atoms with van der Waals surface area (Å²) < 4.78 is 50.2. The molecule has 1 fully saturated rings. The molecule has 1 aromatic rings. The highest BCUT2D eigenvalue weighted by Crippen LogP contribution is 2.31. The SMILES string of the molecule is [2H]P([B][3H])SOCC1OC(OC)C(F)[C@@H]1OCc1ccccc1. The molecule has 8 heteroatoms. The van der Waals surface area contributed by atoms with Crippen LogP contribution in [0.4, 0.5) is 4.39 Å². The smallest absolute Gasteiger partial charge is 0.191 e. The molecule has 115 valence electrons. The van der Waals surface area contributed by atoms with Gasteiger partial charge in [0.2, 0.25) is 0 Å². The summed E-state index contributed by atoms with van der Waals surface area (Å²) in [6, 6.07) is 9.47. The number of ether oxygens (including phenoxy) is 3. The third kappa shape index (κ3) is 4.91. The Bertz CT molecular complexity index is 467. The van der Waals surface area contributed by atoms with Gasteiger partial charge in [-0.25, -0.2) is 4.39 Å². The maximum atomic E-state index is 14.4. The minimum absolute atomic E-state index is 0.0654. The third-order valence-corrected chi connectivity index (χ3v) is 4.00. The van der Waals surface area contributed by atoms with E-state index >= 15 is 0 Å². The van der Waals surface area contributed by atoms with Gasteiger partial charge < -0.3 is 18.4 Å². The Morgan fingerprint density at radius 1 is 1.57 bits per heavy atom. The second-order valence-electron chi connectivity index (χ2n) is 4.45. The largest absolute Gasteiger partial charge is 0.367 e. The number of halogens is 1. The molecular weight excluding hydrogens is 313 g/mol. The Labute approximate surface area is 133 Å². The zero-order chi connectivity index (χ0) is 16.7. The van der Waals surface area contributed by atoms with Crippen LogP contribution in [0.15, 0.2) is 30.3 Å². The summed E-state index contributed by atoms with van der Waals surface area (Å²) in [5, 5.41) is 0. The lowest BCUT2D eigenvalue weighted by Crippen LogP contribution is -2.34. The van der Waals surface area contributed by atoms with Crippen molar-refractivity contribution in [1.29, 1.82) is 2.61 Å². The first-order valence-electron chi connectivity index (χ1n) is 7.45. The molecule has 2 rings (SSSR count). The van der Waals surface area contributed by atoms with Gasteiger partial charge in [-0.15, -0.1) is 0 Å². The monoisotopic (exact) mass is 334 g/mol. The van der Waals surface area contributed by atoms with Gasteiger partial charge in [0.15, 0.2) is 12.5 Å². The van der Waals surface area contributed by atoms with Crippen LogP contribution in [0.3, 0.4) is 0 Å². The van der Waals surface area contributed by atoms with E-state index in [-0.39, 0.29) is 13.2 Å². The second kappa shape index (κ2) is 9.08. The van der Waals surface area contributed by atoms with Gasteiger partial charge >= 0.3 is 0 Å². The first kappa shape index (κ1) is 14.4. The van der Waals surface area contributed by atoms with Crippen LogP contribution < -0.4 is 0 Å². The van der Waals surface area contributed by atoms with E-state index in [1.54, 1.807) is 0 Å². The van der Waals surface area contributed by atoms with Crippen LogP contribution in [0, 0.1) is 0 Å². The second-order valence-corrected chi connectivity index (χ2v) is 6.12. The highest BCUT2D eigenvalue weighted by atomic mass is 32.7. The topological polar surface area (TPSA) is 36.9 Å². The van der Waals surface area contributed by atoms with Crippen molar-refractivity contribution in [2.24, 2.45) is 0 Å². The van der Waals surface area contributed by atoms with Crippen molar-refractivity contribution in [1.82, 2.24) is 0 Å². The van der Waals surface area contributed by atoms with Gasteiger partial charge in [0.05, 0.1) is 14.5 Å². The lowest BCUT2D eigenvalue weighted by Gasteiger charge is -2.19. The van der Waals surface area contributed by atoms with Gasteiger partial charge in [-0.05, 0) is 6.90 Å². The minimum Gasteiger partial charge on any atom is -0.367 e. The van der Waals surface area contributed by atoms with Crippen molar-refractivity contribution in [2.45, 2.75) is 31.3 Å². The van der Waals surface area contributed by atoms with Crippen LogP contribution in [0.2, 0.25) is 0 Å². The van der Waals surface area contributed by atoms with Gasteiger partial charge in [-0.2, -0.15) is 0 Å². The molecule has 4 nitrogen and oxygen atoms in total. The first-order valence-corrected chi connectivity index (χ1v) is 8.74. The molecule has 0 bridgehead atoms. The number of methoxy groups -OCH3 is 1. The molecule has 0 saturated carbocycles. The minimum atomic E-state index is -1.42. The molecule has 1 saturated heterocycles. The van der Waals surface area contributed by atoms with Crippen LogP contribution in [0.1, 0.15) is 5.56 Å². The van der Waals surface area contributed by atoms with Gasteiger partial charge in [-0.1, -0.05) is 37.9 Å². The average molecular weight is 334 g/mol. The molecule has 0 N–H and O–H groups in total. The van der Waals surface area contributed by atoms with Gasteiger partial charge in [0.1, 0.15) is 19.7 Å². The summed E-state index contributed by atoms with van der Waals surface area (Å²) in [6.45, 7) is 0.330. The fraction of sp³-hybridized carbons (Fsp3) is 0.538. The van der Waals surface area contributed by atoms with Crippen LogP contribution >= 0.6 is 19.3 Å². The molecule has 1 aliphatic rings. The van der Waals surface area contributed by atoms with Crippen LogP contribution in [0.5, 0.6) is 0 Å². The number of benzene rings is 1. The fourth-order valence-corrected chi connectivity index (χ4v) is 2.72. The van der Waals surface area contributed by atoms with E-state index in [4.69, 9.17) is 21.0 Å². The number of hydrogen-bond acceptors (Lipinski definition) is 5. The van der Waals surface area contributed by atoms with E-state index in [0.717, 1.165) is 24.8 Å². The maximum Gasteiger partial charge on any atom is 0.191 e. The van der Waals surface area contributed by atoms with E-state index in [0.29, 0.717) is 0 Å². The van der Waals surface area contributed by atoms with E-state index in [1.807, 2.05) is 30.3 Å². The van der Waals surface area contributed by atoms with Gasteiger partial charge in [-0.3, -0.25) is 0 Å². The van der Waals surface area contributed by atoms with E-state index < -0.39 is 32.3 Å². The molecule has 0 aliphatic carbocycles. The lowest BCUT2D eigenvalue weighted by atomic mass is 10.1. The Morgan fingerprint density at radius 2 is 2.38 bits per heavy atom. The van der Waals surface area contributed by atoms with Gasteiger partial charge in [0.25, 0.3) is 0 Å². The molecule has 0 aromatic heterocycles. The molecule has 1 aromatic carbocycles. The Balaban J connectivity index is 1.89. The van der Waals surface area contributed by atoms with Crippen LogP contribution in [-0.4, -0.2) is 48.5 Å². The zero-order valence-electron chi connectivity index (χ0n) is 13.6. The molecule has 1 aliphatic heterocycles. The molecular formula is C13H18BFO4PS. The first-order chi connectivity index (χ1) is 11.2. The summed E-state index contributed by atoms with van der Waals surface area (Å²) in [6.07, 6.45) is -3.84. The molecule has 1 radical (unpaired) electrons. The fourth-order valence-electron chi connectivity index (χ4n) is 2.10. The van der Waals surface area contributed by atoms with Crippen LogP contribution in [-0.2, 0) is 25.0 Å². The standard InChI is InChI=1S/C13H18BFO4PS/c1-16-13-11(15)12(10(19-13)8-18-21-20-14)17-7-9-5-3-2-4-6-9/h2-6,10-14,20H,7-8H2,1H3/t10?,11?,12-,13?,20?/m1/s1/i14T,20D. The Morgan fingerprint density at radius 3 is 3.10 bits per heavy atom. The van der Waals surface area contributed by atoms with Crippen molar-refractivity contribution < 1.29 is 22.8 Å². The van der Waals surface area contributed by atoms with E-state index in [1.165, 1.54) is 7.11 Å². The summed E-state index contributed by atoms with van der Waals surface area (Å²) in [5.41, 5.74) is 0.938. The molecule has 4 unspecified atom stereocenters. The van der Waals surface area contributed by atoms with E-state index in [2.05, 4.69) is 0 Å². The van der Waals surface area contributed by atoms with Crippen molar-refractivity contribution in [3.05, 3.63) is 35.9 Å². The number of rotatable bonds is 9. The predicted octanol–water partition coefficient (Wildman–Crippen LogP) is 2.36. The van der Waals surface area contributed by atoms with Crippen molar-refractivity contribution in [2.75, 3.05) is 13.7 Å². The summed E-state index contributed by atoms with van der Waals surface area (Å²) in [5.74, 6) is 0. The molecule has 0 amide bonds. The Hall–Kier alpha value is -0.165. The maximum absolute atomic E-state index is 14.4. The summed E-state index contributed by atoms with van der Waals surface area (Å²) in [4.78, 5) is 0. The average Bonchev–Trinajstić information content (AvgIpc) is 2.89. The van der Waals surface area contributed by atoms with E-state index in [9.17, 15) is 4.39 Å². The van der Waals surface area contributed by atoms with Gasteiger partial charge in [0, 0.05) is 18.8 Å². The predicted molar refractivity (Wildman–Crippen MR) is 84.6 cm³/mol. The van der Waals surface area contributed by atoms with Crippen molar-refractivity contribution >= 4 is 26.8 Å². The van der Waals surface area contributed by atoms with Crippen molar-refractivity contribution in [3.63, 3.8) is 0 Å². The summed E-state index contributed by atoms with van der Waals surface area (Å²) >= 11 is 0.879. The number of hydrogen-bond donors (Lipinski definition) is 0. The Kier molecular flexibility index (Phi) is 6.24. The summed E-state index contributed by atoms with van der Waals surface area (Å²) in [7, 11) is 0.967. The number of alkyl halides is 1. The highest BCUT2D eigenvalue weighted by Gasteiger charge is 2.46. The normalized spacial score (nSPS) is 31.5. The molecule has 0 spiro atoms. The zero-order valence-corrected chi connectivity index (χ0v) is 13.3. The van der Waals surface area contributed by atoms with Crippen LogP contribution in [0.25, 0.3) is 0 Å².